The molecular formula is C25H23F3N6O3S. The van der Waals surface area contributed by atoms with Gasteiger partial charge in [-0.2, -0.15) is 18.3 Å². The molecule has 3 aromatic heterocycles. The molecule has 0 bridgehead atoms. The summed E-state index contributed by atoms with van der Waals surface area (Å²) in [6, 6.07) is 6.15. The van der Waals surface area contributed by atoms with Gasteiger partial charge >= 0.3 is 12.1 Å². The fourth-order valence-electron chi connectivity index (χ4n) is 4.76. The Morgan fingerprint density at radius 3 is 2.66 bits per heavy atom. The van der Waals surface area contributed by atoms with Crippen LogP contribution in [0.5, 0.6) is 0 Å². The van der Waals surface area contributed by atoms with Gasteiger partial charge in [-0.25, -0.2) is 15.0 Å². The molecule has 1 fully saturated rings. The summed E-state index contributed by atoms with van der Waals surface area (Å²) in [6.07, 6.45) is 2.29. The minimum absolute atomic E-state index is 0.210. The van der Waals surface area contributed by atoms with E-state index in [9.17, 15) is 28.2 Å². The van der Waals surface area contributed by atoms with Crippen LogP contribution >= 0.6 is 11.3 Å². The Kier molecular flexibility index (Phi) is 6.65. The number of aromatic nitrogens is 5. The van der Waals surface area contributed by atoms with Crippen LogP contribution in [0.3, 0.4) is 0 Å². The maximum Gasteiger partial charge on any atom is 0.433 e. The SMILES string of the molecule is C[C@H]1C[C@@](O)(c2ncc(-c3cc(Nc4nccc(C(F)(F)F)n4)cc(-c4cn[nH]c4)c3)s2)CC[C@H]1C(=O)O. The topological polar surface area (TPSA) is 137 Å². The van der Waals surface area contributed by atoms with E-state index in [0.717, 1.165) is 28.3 Å². The maximum atomic E-state index is 13.1. The van der Waals surface area contributed by atoms with Crippen LogP contribution in [0, 0.1) is 11.8 Å². The molecule has 3 atom stereocenters. The van der Waals surface area contributed by atoms with Crippen LogP contribution in [0.4, 0.5) is 24.8 Å². The Labute approximate surface area is 218 Å². The van der Waals surface area contributed by atoms with E-state index in [2.05, 4.69) is 30.5 Å². The Morgan fingerprint density at radius 2 is 1.97 bits per heavy atom. The maximum absolute atomic E-state index is 13.1. The first-order chi connectivity index (χ1) is 18.0. The van der Waals surface area contributed by atoms with Crippen LogP contribution in [0.1, 0.15) is 36.9 Å². The van der Waals surface area contributed by atoms with Crippen molar-refractivity contribution in [1.29, 1.82) is 0 Å². The Bertz CT molecular complexity index is 1460. The number of aromatic amines is 1. The lowest BCUT2D eigenvalue weighted by Gasteiger charge is -2.37. The van der Waals surface area contributed by atoms with Crippen LogP contribution in [0.25, 0.3) is 21.6 Å². The number of rotatable bonds is 6. The third kappa shape index (κ3) is 5.24. The number of carbonyl (C=O) groups is 1. The van der Waals surface area contributed by atoms with Crippen LogP contribution in [-0.4, -0.2) is 41.3 Å². The first-order valence-electron chi connectivity index (χ1n) is 11.8. The standard InChI is InChI=1S/C25H23F3N6O3S/c1-13-9-24(37,4-2-18(13)21(35)36)22-30-12-19(38-22)15-6-14(16-10-31-32-11-16)7-17(8-15)33-23-29-5-3-20(34-23)25(26,27)28/h3,5-8,10-13,18,37H,2,4,9H2,1H3,(H,31,32)(H,35,36)(H,29,33,34)/t13-,18+,24+/m0/s1. The first-order valence-corrected chi connectivity index (χ1v) is 12.6. The highest BCUT2D eigenvalue weighted by Gasteiger charge is 2.43. The largest absolute Gasteiger partial charge is 0.481 e. The Balaban J connectivity index is 1.48. The average Bonchev–Trinajstić information content (AvgIpc) is 3.56. The fourth-order valence-corrected chi connectivity index (χ4v) is 5.79. The van der Waals surface area contributed by atoms with E-state index in [1.54, 1.807) is 30.7 Å². The summed E-state index contributed by atoms with van der Waals surface area (Å²) in [5.74, 6) is -1.79. The summed E-state index contributed by atoms with van der Waals surface area (Å²) in [4.78, 5) is 24.2. The molecule has 9 nitrogen and oxygen atoms in total. The van der Waals surface area contributed by atoms with Crippen molar-refractivity contribution < 1.29 is 28.2 Å². The highest BCUT2D eigenvalue weighted by atomic mass is 32.1. The summed E-state index contributed by atoms with van der Waals surface area (Å²) in [6.45, 7) is 1.82. The number of hydrogen-bond acceptors (Lipinski definition) is 8. The van der Waals surface area contributed by atoms with Crippen molar-refractivity contribution in [3.63, 3.8) is 0 Å². The number of H-pyrrole nitrogens is 1. The predicted octanol–water partition coefficient (Wildman–Crippen LogP) is 5.46. The number of halogens is 3. The first kappa shape index (κ1) is 25.8. The molecule has 5 rings (SSSR count). The zero-order valence-corrected chi connectivity index (χ0v) is 20.8. The van der Waals surface area contributed by atoms with E-state index in [1.807, 2.05) is 13.0 Å². The number of benzene rings is 1. The number of carboxylic acid groups (broad SMARTS) is 1. The summed E-state index contributed by atoms with van der Waals surface area (Å²) in [5.41, 5.74) is 0.344. The summed E-state index contributed by atoms with van der Waals surface area (Å²) in [7, 11) is 0. The molecule has 0 saturated heterocycles. The molecule has 13 heteroatoms. The number of alkyl halides is 3. The van der Waals surface area contributed by atoms with E-state index in [4.69, 9.17) is 0 Å². The van der Waals surface area contributed by atoms with Crippen molar-refractivity contribution in [3.05, 3.63) is 59.8 Å². The van der Waals surface area contributed by atoms with Gasteiger partial charge in [0.25, 0.3) is 0 Å². The molecule has 198 valence electrons. The Morgan fingerprint density at radius 1 is 1.18 bits per heavy atom. The number of hydrogen-bond donors (Lipinski definition) is 4. The molecule has 1 aromatic carbocycles. The van der Waals surface area contributed by atoms with E-state index in [0.29, 0.717) is 22.7 Å². The molecule has 0 radical (unpaired) electrons. The minimum atomic E-state index is -4.61. The number of nitrogens with zero attached hydrogens (tertiary/aromatic N) is 4. The number of carboxylic acids is 1. The average molecular weight is 545 g/mol. The summed E-state index contributed by atoms with van der Waals surface area (Å²) in [5, 5.41) is 30.8. The molecule has 0 spiro atoms. The minimum Gasteiger partial charge on any atom is -0.481 e. The molecule has 1 saturated carbocycles. The number of nitrogens with one attached hydrogen (secondary N) is 2. The smallest absolute Gasteiger partial charge is 0.433 e. The van der Waals surface area contributed by atoms with Crippen molar-refractivity contribution in [2.45, 2.75) is 38.0 Å². The lowest BCUT2D eigenvalue weighted by Crippen LogP contribution is -2.38. The van der Waals surface area contributed by atoms with Crippen LogP contribution in [0.15, 0.2) is 49.1 Å². The summed E-state index contributed by atoms with van der Waals surface area (Å²) >= 11 is 1.29. The third-order valence-corrected chi connectivity index (χ3v) is 7.93. The van der Waals surface area contributed by atoms with Crippen molar-refractivity contribution in [2.24, 2.45) is 11.8 Å². The number of aliphatic hydroxyl groups is 1. The van der Waals surface area contributed by atoms with Gasteiger partial charge in [-0.05, 0) is 60.6 Å². The Hall–Kier alpha value is -3.84. The molecular weight excluding hydrogens is 521 g/mol. The second-order valence-corrected chi connectivity index (χ2v) is 10.4. The van der Waals surface area contributed by atoms with Gasteiger partial charge in [-0.15, -0.1) is 11.3 Å². The number of thiazole rings is 1. The lowest BCUT2D eigenvalue weighted by atomic mass is 9.72. The molecule has 38 heavy (non-hydrogen) atoms. The van der Waals surface area contributed by atoms with E-state index >= 15 is 0 Å². The molecule has 0 unspecified atom stereocenters. The molecule has 3 heterocycles. The van der Waals surface area contributed by atoms with E-state index in [1.165, 1.54) is 11.3 Å². The van der Waals surface area contributed by atoms with E-state index in [-0.39, 0.29) is 24.7 Å². The molecule has 4 aromatic rings. The zero-order chi connectivity index (χ0) is 27.1. The second-order valence-electron chi connectivity index (χ2n) is 9.40. The lowest BCUT2D eigenvalue weighted by molar-refractivity contribution is -0.148. The van der Waals surface area contributed by atoms with Gasteiger partial charge in [0.2, 0.25) is 5.95 Å². The number of aliphatic carboxylic acids is 1. The van der Waals surface area contributed by atoms with Gasteiger partial charge in [0.1, 0.15) is 16.3 Å². The van der Waals surface area contributed by atoms with Gasteiger partial charge in [0.05, 0.1) is 17.0 Å². The summed E-state index contributed by atoms with van der Waals surface area (Å²) < 4.78 is 39.4. The molecule has 1 aliphatic carbocycles. The van der Waals surface area contributed by atoms with Gasteiger partial charge in [0.15, 0.2) is 0 Å². The van der Waals surface area contributed by atoms with Crippen molar-refractivity contribution in [1.82, 2.24) is 25.1 Å². The van der Waals surface area contributed by atoms with Gasteiger partial charge < -0.3 is 15.5 Å². The van der Waals surface area contributed by atoms with Crippen LogP contribution < -0.4 is 5.32 Å². The van der Waals surface area contributed by atoms with Crippen molar-refractivity contribution >= 4 is 28.9 Å². The van der Waals surface area contributed by atoms with E-state index < -0.39 is 29.4 Å². The monoisotopic (exact) mass is 544 g/mol. The highest BCUT2D eigenvalue weighted by Crippen LogP contribution is 2.45. The van der Waals surface area contributed by atoms with Crippen molar-refractivity contribution in [2.75, 3.05) is 5.32 Å². The van der Waals surface area contributed by atoms with Gasteiger partial charge in [0, 0.05) is 29.8 Å². The predicted molar refractivity (Wildman–Crippen MR) is 133 cm³/mol. The normalized spacial score (nSPS) is 21.8. The fraction of sp³-hybridized carbons (Fsp3) is 0.320. The molecule has 0 aliphatic heterocycles. The quantitative estimate of drug-likeness (QED) is 0.251. The van der Waals surface area contributed by atoms with Crippen LogP contribution in [-0.2, 0) is 16.6 Å². The van der Waals surface area contributed by atoms with Gasteiger partial charge in [-0.3, -0.25) is 9.89 Å². The number of anilines is 2. The molecule has 4 N–H and O–H groups in total. The third-order valence-electron chi connectivity index (χ3n) is 6.69. The molecule has 0 amide bonds. The molecule has 1 aliphatic rings. The highest BCUT2D eigenvalue weighted by molar-refractivity contribution is 7.15. The van der Waals surface area contributed by atoms with Gasteiger partial charge in [-0.1, -0.05) is 6.92 Å². The zero-order valence-electron chi connectivity index (χ0n) is 20.0. The second kappa shape index (κ2) is 9.80. The van der Waals surface area contributed by atoms with Crippen molar-refractivity contribution in [3.8, 4) is 21.6 Å². The van der Waals surface area contributed by atoms with Crippen LogP contribution in [0.2, 0.25) is 0 Å².